The number of amides is 1. The molecule has 0 aliphatic carbocycles. The Bertz CT molecular complexity index is 958. The Kier molecular flexibility index (Phi) is 5.75. The van der Waals surface area contributed by atoms with Crippen molar-refractivity contribution in [2.45, 2.75) is 6.54 Å². The Morgan fingerprint density at radius 1 is 1.15 bits per heavy atom. The number of hydrogen-bond acceptors (Lipinski definition) is 6. The van der Waals surface area contributed by atoms with Crippen molar-refractivity contribution in [1.82, 2.24) is 15.0 Å². The summed E-state index contributed by atoms with van der Waals surface area (Å²) in [5, 5.41) is 3.99. The number of hydrogen-bond donors (Lipinski definition) is 0. The lowest BCUT2D eigenvalue weighted by Crippen LogP contribution is -2.26. The van der Waals surface area contributed by atoms with Gasteiger partial charge in [0.1, 0.15) is 0 Å². The molecule has 0 fully saturated rings. The SMILES string of the molecule is COc1ccc(-c2noc(CN(C)C(=O)c3ccccc3Br)n2)cc1OC. The third kappa shape index (κ3) is 4.11. The van der Waals surface area contributed by atoms with Crippen LogP contribution in [0.25, 0.3) is 11.4 Å². The molecule has 0 radical (unpaired) electrons. The molecule has 140 valence electrons. The lowest BCUT2D eigenvalue weighted by atomic mass is 10.2. The number of rotatable bonds is 6. The summed E-state index contributed by atoms with van der Waals surface area (Å²) >= 11 is 3.39. The van der Waals surface area contributed by atoms with E-state index in [1.54, 1.807) is 39.5 Å². The average molecular weight is 432 g/mol. The van der Waals surface area contributed by atoms with Gasteiger partial charge in [-0.05, 0) is 46.3 Å². The lowest BCUT2D eigenvalue weighted by Gasteiger charge is -2.15. The van der Waals surface area contributed by atoms with E-state index in [-0.39, 0.29) is 12.5 Å². The Hall–Kier alpha value is -2.87. The smallest absolute Gasteiger partial charge is 0.255 e. The van der Waals surface area contributed by atoms with Crippen molar-refractivity contribution in [1.29, 1.82) is 0 Å². The second-order valence-electron chi connectivity index (χ2n) is 5.72. The van der Waals surface area contributed by atoms with Crippen LogP contribution < -0.4 is 9.47 Å². The zero-order valence-corrected chi connectivity index (χ0v) is 16.7. The second-order valence-corrected chi connectivity index (χ2v) is 6.58. The van der Waals surface area contributed by atoms with Gasteiger partial charge < -0.3 is 18.9 Å². The Morgan fingerprint density at radius 3 is 2.59 bits per heavy atom. The lowest BCUT2D eigenvalue weighted by molar-refractivity contribution is 0.0768. The zero-order valence-electron chi connectivity index (χ0n) is 15.1. The fourth-order valence-electron chi connectivity index (χ4n) is 2.53. The molecule has 2 aromatic carbocycles. The number of carbonyl (C=O) groups is 1. The van der Waals surface area contributed by atoms with Crippen LogP contribution in [-0.2, 0) is 6.54 Å². The largest absolute Gasteiger partial charge is 0.493 e. The van der Waals surface area contributed by atoms with Crippen molar-refractivity contribution in [2.75, 3.05) is 21.3 Å². The van der Waals surface area contributed by atoms with Crippen LogP contribution in [0.1, 0.15) is 16.2 Å². The first-order valence-electron chi connectivity index (χ1n) is 8.08. The predicted octanol–water partition coefficient (Wildman–Crippen LogP) is 3.79. The van der Waals surface area contributed by atoms with Gasteiger partial charge in [0, 0.05) is 17.1 Å². The van der Waals surface area contributed by atoms with E-state index in [4.69, 9.17) is 14.0 Å². The number of ether oxygens (including phenoxy) is 2. The van der Waals surface area contributed by atoms with Crippen LogP contribution in [0.5, 0.6) is 11.5 Å². The van der Waals surface area contributed by atoms with E-state index in [2.05, 4.69) is 26.1 Å². The molecule has 1 heterocycles. The standard InChI is InChI=1S/C19H18BrN3O4/c1-23(19(24)13-6-4-5-7-14(13)20)11-17-21-18(22-27-17)12-8-9-15(25-2)16(10-12)26-3/h4-10H,11H2,1-3H3. The highest BCUT2D eigenvalue weighted by Gasteiger charge is 2.18. The Morgan fingerprint density at radius 2 is 1.89 bits per heavy atom. The normalized spacial score (nSPS) is 10.5. The van der Waals surface area contributed by atoms with Gasteiger partial charge in [0.2, 0.25) is 11.7 Å². The van der Waals surface area contributed by atoms with E-state index in [1.165, 1.54) is 4.90 Å². The summed E-state index contributed by atoms with van der Waals surface area (Å²) in [5.41, 5.74) is 1.29. The van der Waals surface area contributed by atoms with Gasteiger partial charge >= 0.3 is 0 Å². The van der Waals surface area contributed by atoms with Crippen LogP contribution in [0.4, 0.5) is 0 Å². The van der Waals surface area contributed by atoms with Crippen molar-refractivity contribution >= 4 is 21.8 Å². The van der Waals surface area contributed by atoms with E-state index in [9.17, 15) is 4.79 Å². The molecule has 0 bridgehead atoms. The van der Waals surface area contributed by atoms with E-state index in [0.717, 1.165) is 10.0 Å². The van der Waals surface area contributed by atoms with Crippen molar-refractivity contribution in [2.24, 2.45) is 0 Å². The number of halogens is 1. The summed E-state index contributed by atoms with van der Waals surface area (Å²) < 4.78 is 16.6. The average Bonchev–Trinajstić information content (AvgIpc) is 3.15. The van der Waals surface area contributed by atoms with Gasteiger partial charge in [-0.3, -0.25) is 4.79 Å². The molecule has 1 amide bonds. The molecule has 7 nitrogen and oxygen atoms in total. The minimum absolute atomic E-state index is 0.145. The molecule has 1 aromatic heterocycles. The zero-order chi connectivity index (χ0) is 19.4. The van der Waals surface area contributed by atoms with Gasteiger partial charge in [-0.25, -0.2) is 0 Å². The maximum absolute atomic E-state index is 12.6. The minimum Gasteiger partial charge on any atom is -0.493 e. The maximum atomic E-state index is 12.6. The Balaban J connectivity index is 1.76. The number of carbonyl (C=O) groups excluding carboxylic acids is 1. The summed E-state index contributed by atoms with van der Waals surface area (Å²) in [6, 6.07) is 12.6. The number of nitrogens with zero attached hydrogens (tertiary/aromatic N) is 3. The topological polar surface area (TPSA) is 77.7 Å². The molecule has 0 spiro atoms. The summed E-state index contributed by atoms with van der Waals surface area (Å²) in [4.78, 5) is 18.5. The highest BCUT2D eigenvalue weighted by molar-refractivity contribution is 9.10. The van der Waals surface area contributed by atoms with Gasteiger partial charge in [-0.2, -0.15) is 4.98 Å². The molecule has 0 atom stereocenters. The molecule has 0 saturated heterocycles. The molecule has 27 heavy (non-hydrogen) atoms. The van der Waals surface area contributed by atoms with Crippen LogP contribution >= 0.6 is 15.9 Å². The highest BCUT2D eigenvalue weighted by atomic mass is 79.9. The van der Waals surface area contributed by atoms with Gasteiger partial charge in [0.15, 0.2) is 11.5 Å². The van der Waals surface area contributed by atoms with Crippen molar-refractivity contribution < 1.29 is 18.8 Å². The fraction of sp³-hybridized carbons (Fsp3) is 0.211. The van der Waals surface area contributed by atoms with Gasteiger partial charge in [-0.1, -0.05) is 17.3 Å². The fourth-order valence-corrected chi connectivity index (χ4v) is 2.98. The summed E-state index contributed by atoms with van der Waals surface area (Å²) in [5.74, 6) is 1.79. The number of benzene rings is 2. The van der Waals surface area contributed by atoms with Crippen LogP contribution in [0.3, 0.4) is 0 Å². The van der Waals surface area contributed by atoms with Crippen molar-refractivity contribution in [3.8, 4) is 22.9 Å². The Labute approximate surface area is 165 Å². The molecule has 0 aliphatic rings. The van der Waals surface area contributed by atoms with Crippen LogP contribution in [0.2, 0.25) is 0 Å². The number of aromatic nitrogens is 2. The summed E-state index contributed by atoms with van der Waals surface area (Å²) in [6.07, 6.45) is 0. The minimum atomic E-state index is -0.145. The first-order chi connectivity index (χ1) is 13.0. The van der Waals surface area contributed by atoms with E-state index >= 15 is 0 Å². The molecule has 8 heteroatoms. The molecule has 3 rings (SSSR count). The first kappa shape index (κ1) is 18.9. The van der Waals surface area contributed by atoms with Crippen LogP contribution in [0, 0.1) is 0 Å². The van der Waals surface area contributed by atoms with Gasteiger partial charge in [-0.15, -0.1) is 0 Å². The molecular formula is C19H18BrN3O4. The monoisotopic (exact) mass is 431 g/mol. The first-order valence-corrected chi connectivity index (χ1v) is 8.87. The molecular weight excluding hydrogens is 414 g/mol. The highest BCUT2D eigenvalue weighted by Crippen LogP contribution is 2.31. The van der Waals surface area contributed by atoms with E-state index in [1.807, 2.05) is 24.3 Å². The molecule has 0 N–H and O–H groups in total. The van der Waals surface area contributed by atoms with E-state index in [0.29, 0.717) is 28.8 Å². The third-order valence-electron chi connectivity index (χ3n) is 3.93. The molecule has 0 unspecified atom stereocenters. The van der Waals surface area contributed by atoms with Crippen molar-refractivity contribution in [3.05, 3.63) is 58.4 Å². The van der Waals surface area contributed by atoms with Crippen LogP contribution in [-0.4, -0.2) is 42.2 Å². The molecule has 0 aliphatic heterocycles. The summed E-state index contributed by atoms with van der Waals surface area (Å²) in [7, 11) is 4.82. The molecule has 0 saturated carbocycles. The second kappa shape index (κ2) is 8.22. The van der Waals surface area contributed by atoms with Crippen LogP contribution in [0.15, 0.2) is 51.5 Å². The van der Waals surface area contributed by atoms with Crippen molar-refractivity contribution in [3.63, 3.8) is 0 Å². The molecule has 3 aromatic rings. The summed E-state index contributed by atoms with van der Waals surface area (Å²) in [6.45, 7) is 0.195. The van der Waals surface area contributed by atoms with E-state index < -0.39 is 0 Å². The quantitative estimate of drug-likeness (QED) is 0.590. The third-order valence-corrected chi connectivity index (χ3v) is 4.62. The van der Waals surface area contributed by atoms with Gasteiger partial charge in [0.25, 0.3) is 5.91 Å². The number of methoxy groups -OCH3 is 2. The predicted molar refractivity (Wildman–Crippen MR) is 103 cm³/mol. The maximum Gasteiger partial charge on any atom is 0.255 e. The van der Waals surface area contributed by atoms with Gasteiger partial charge in [0.05, 0.1) is 26.3 Å².